The molecule has 0 heterocycles. The number of carbonyl (C=O) groups is 2. The molecule has 0 bridgehead atoms. The van der Waals surface area contributed by atoms with E-state index in [1.165, 1.54) is 76.7 Å². The molecule has 160 valence electrons. The van der Waals surface area contributed by atoms with Crippen LogP contribution in [-0.4, -0.2) is 22.2 Å². The number of carboxylic acids is 2. The van der Waals surface area contributed by atoms with Crippen molar-refractivity contribution in [3.05, 3.63) is 34.9 Å². The summed E-state index contributed by atoms with van der Waals surface area (Å²) in [4.78, 5) is 22.6. The molecule has 2 N–H and O–H groups in total. The predicted molar refractivity (Wildman–Crippen MR) is 115 cm³/mol. The van der Waals surface area contributed by atoms with Crippen molar-refractivity contribution in [2.75, 3.05) is 0 Å². The van der Waals surface area contributed by atoms with E-state index in [0.29, 0.717) is 12.0 Å². The molecule has 0 fully saturated rings. The van der Waals surface area contributed by atoms with E-state index in [9.17, 15) is 19.8 Å². The number of hydrogen-bond donors (Lipinski definition) is 2. The number of carboxylic acid groups (broad SMARTS) is 2. The smallest absolute Gasteiger partial charge is 1.00 e. The zero-order valence-corrected chi connectivity index (χ0v) is 20.5. The largest absolute Gasteiger partial charge is 1.00 e. The van der Waals surface area contributed by atoms with Gasteiger partial charge in [-0.25, -0.2) is 9.59 Å². The maximum absolute atomic E-state index is 11.4. The van der Waals surface area contributed by atoms with Gasteiger partial charge in [0.1, 0.15) is 0 Å². The zero-order chi connectivity index (χ0) is 20.6. The quantitative estimate of drug-likeness (QED) is 0.296. The van der Waals surface area contributed by atoms with Crippen LogP contribution in [0.4, 0.5) is 0 Å². The van der Waals surface area contributed by atoms with Gasteiger partial charge in [-0.1, -0.05) is 103 Å². The molecule has 1 aromatic carbocycles. The van der Waals surface area contributed by atoms with Crippen LogP contribution in [0.5, 0.6) is 0 Å². The van der Waals surface area contributed by atoms with Crippen molar-refractivity contribution >= 4 is 11.9 Å². The maximum Gasteiger partial charge on any atom is 1.00 e. The van der Waals surface area contributed by atoms with E-state index in [0.717, 1.165) is 19.3 Å². The molecule has 1 rings (SSSR count). The number of rotatable bonds is 17. The summed E-state index contributed by atoms with van der Waals surface area (Å²) in [5, 5.41) is 18.5. The molecule has 0 atom stereocenters. The number of unbranched alkanes of at least 4 members (excludes halogenated alkanes) is 13. The normalized spacial score (nSPS) is 10.5. The fourth-order valence-corrected chi connectivity index (χ4v) is 3.75. The summed E-state index contributed by atoms with van der Waals surface area (Å²) in [5.41, 5.74) is 0.464. The molecule has 0 saturated carbocycles. The Morgan fingerprint density at radius 1 is 0.724 bits per heavy atom. The summed E-state index contributed by atoms with van der Waals surface area (Å²) in [7, 11) is 0. The first kappa shape index (κ1) is 28.2. The van der Waals surface area contributed by atoms with Crippen LogP contribution in [0.1, 0.15) is 125 Å². The summed E-state index contributed by atoms with van der Waals surface area (Å²) < 4.78 is 0. The zero-order valence-electron chi connectivity index (χ0n) is 19.5. The van der Waals surface area contributed by atoms with Gasteiger partial charge in [-0.15, -0.1) is 0 Å². The van der Waals surface area contributed by atoms with Crippen LogP contribution in [0.2, 0.25) is 0 Å². The van der Waals surface area contributed by atoms with E-state index in [4.69, 9.17) is 0 Å². The van der Waals surface area contributed by atoms with Crippen LogP contribution in [0.25, 0.3) is 0 Å². The van der Waals surface area contributed by atoms with Crippen molar-refractivity contribution < 1.29 is 50.8 Å². The van der Waals surface area contributed by atoms with E-state index in [2.05, 4.69) is 6.92 Å². The summed E-state index contributed by atoms with van der Waals surface area (Å²) in [5.74, 6) is -2.33. The molecule has 1 aromatic rings. The van der Waals surface area contributed by atoms with E-state index in [-0.39, 0.29) is 42.1 Å². The van der Waals surface area contributed by atoms with Crippen LogP contribution in [0.15, 0.2) is 18.2 Å². The van der Waals surface area contributed by atoms with Gasteiger partial charge in [0.05, 0.1) is 11.1 Å². The van der Waals surface area contributed by atoms with Gasteiger partial charge in [-0.3, -0.25) is 0 Å². The minimum atomic E-state index is -1.18. The Hall–Kier alpha value is -0.840. The summed E-state index contributed by atoms with van der Waals surface area (Å²) >= 11 is 0. The molecule has 0 saturated heterocycles. The molecule has 0 unspecified atom stereocenters. The van der Waals surface area contributed by atoms with Gasteiger partial charge in [-0.05, 0) is 24.5 Å². The molecular formula is C24H39NaO4. The first-order valence-corrected chi connectivity index (χ1v) is 11.2. The maximum atomic E-state index is 11.4. The summed E-state index contributed by atoms with van der Waals surface area (Å²) in [6, 6.07) is 4.73. The number of hydrogen-bond acceptors (Lipinski definition) is 2. The van der Waals surface area contributed by atoms with Crippen molar-refractivity contribution in [1.82, 2.24) is 0 Å². The molecule has 4 nitrogen and oxygen atoms in total. The fourth-order valence-electron chi connectivity index (χ4n) is 3.75. The van der Waals surface area contributed by atoms with Crippen molar-refractivity contribution in [3.63, 3.8) is 0 Å². The molecule has 0 aliphatic carbocycles. The Morgan fingerprint density at radius 2 is 1.17 bits per heavy atom. The Kier molecular flexibility index (Phi) is 17.5. The number of benzene rings is 1. The average molecular weight is 415 g/mol. The van der Waals surface area contributed by atoms with E-state index in [1.54, 1.807) is 12.1 Å². The van der Waals surface area contributed by atoms with Gasteiger partial charge in [0.25, 0.3) is 0 Å². The Morgan fingerprint density at radius 3 is 1.59 bits per heavy atom. The number of aryl methyl sites for hydroxylation is 1. The third-order valence-corrected chi connectivity index (χ3v) is 5.39. The van der Waals surface area contributed by atoms with Gasteiger partial charge in [0, 0.05) is 0 Å². The molecule has 0 aromatic heterocycles. The van der Waals surface area contributed by atoms with Gasteiger partial charge < -0.3 is 11.6 Å². The third kappa shape index (κ3) is 12.5. The molecular weight excluding hydrogens is 375 g/mol. The Balaban J connectivity index is 0. The van der Waals surface area contributed by atoms with Crippen molar-refractivity contribution in [1.29, 1.82) is 0 Å². The first-order chi connectivity index (χ1) is 13.6. The van der Waals surface area contributed by atoms with Gasteiger partial charge in [0.2, 0.25) is 0 Å². The fraction of sp³-hybridized carbons (Fsp3) is 0.667. The van der Waals surface area contributed by atoms with Gasteiger partial charge in [-0.2, -0.15) is 0 Å². The van der Waals surface area contributed by atoms with Crippen LogP contribution >= 0.6 is 0 Å². The van der Waals surface area contributed by atoms with Crippen LogP contribution in [0, 0.1) is 0 Å². The topological polar surface area (TPSA) is 74.6 Å². The predicted octanol–water partition coefficient (Wildman–Crippen LogP) is 4.22. The van der Waals surface area contributed by atoms with E-state index < -0.39 is 11.9 Å². The van der Waals surface area contributed by atoms with Gasteiger partial charge >= 0.3 is 41.5 Å². The summed E-state index contributed by atoms with van der Waals surface area (Å²) in [6.07, 6.45) is 18.6. The monoisotopic (exact) mass is 414 g/mol. The molecule has 0 aliphatic rings. The van der Waals surface area contributed by atoms with Crippen LogP contribution < -0.4 is 29.6 Å². The Bertz CT molecular complexity index is 593. The number of aromatic carboxylic acids is 2. The van der Waals surface area contributed by atoms with Crippen molar-refractivity contribution in [2.24, 2.45) is 0 Å². The molecule has 0 amide bonds. The minimum Gasteiger partial charge on any atom is -1.00 e. The SMILES string of the molecule is CCCCCCCCCCCCCCCCc1cccc(C(=O)O)c1C(=O)O.[H-].[Na+]. The second kappa shape index (κ2) is 18.0. The van der Waals surface area contributed by atoms with Crippen LogP contribution in [-0.2, 0) is 6.42 Å². The second-order valence-electron chi connectivity index (χ2n) is 7.80. The minimum absolute atomic E-state index is 0. The van der Waals surface area contributed by atoms with Crippen LogP contribution in [0.3, 0.4) is 0 Å². The van der Waals surface area contributed by atoms with Gasteiger partial charge in [0.15, 0.2) is 0 Å². The van der Waals surface area contributed by atoms with Crippen molar-refractivity contribution in [2.45, 2.75) is 103 Å². The van der Waals surface area contributed by atoms with Crippen molar-refractivity contribution in [3.8, 4) is 0 Å². The molecule has 29 heavy (non-hydrogen) atoms. The second-order valence-corrected chi connectivity index (χ2v) is 7.80. The average Bonchev–Trinajstić information content (AvgIpc) is 2.67. The first-order valence-electron chi connectivity index (χ1n) is 11.2. The standard InChI is InChI=1S/C24H38O4.Na.H/c1-2-3-4-5-6-7-8-9-10-11-12-13-14-15-17-20-18-16-19-21(23(25)26)22(20)24(27)28;;/h16,18-19H,2-15,17H2,1H3,(H,25,26)(H,27,28);;/q;+1;-1. The Labute approximate surface area is 200 Å². The summed E-state index contributed by atoms with van der Waals surface area (Å²) in [6.45, 7) is 2.25. The van der Waals surface area contributed by atoms with E-state index in [1.807, 2.05) is 0 Å². The third-order valence-electron chi connectivity index (χ3n) is 5.39. The molecule has 0 spiro atoms. The van der Waals surface area contributed by atoms with E-state index >= 15 is 0 Å². The molecule has 0 radical (unpaired) electrons. The molecule has 0 aliphatic heterocycles. The molecule has 5 heteroatoms.